The predicted molar refractivity (Wildman–Crippen MR) is 75.1 cm³/mol. The van der Waals surface area contributed by atoms with Crippen molar-refractivity contribution in [3.05, 3.63) is 23.8 Å². The van der Waals surface area contributed by atoms with E-state index in [-0.39, 0.29) is 0 Å². The molecule has 0 unspecified atom stereocenters. The van der Waals surface area contributed by atoms with E-state index in [1.807, 2.05) is 22.9 Å². The normalized spacial score (nSPS) is 12.0. The molecule has 2 N–H and O–H groups in total. The molecule has 2 rings (SSSR count). The van der Waals surface area contributed by atoms with Gasteiger partial charge in [0.1, 0.15) is 0 Å². The molecule has 8 heteroatoms. The van der Waals surface area contributed by atoms with Gasteiger partial charge in [-0.1, -0.05) is 11.3 Å². The third-order valence-corrected chi connectivity index (χ3v) is 3.73. The van der Waals surface area contributed by atoms with Crippen LogP contribution in [0.25, 0.3) is 10.2 Å². The number of halogens is 4. The van der Waals surface area contributed by atoms with Gasteiger partial charge in [0.15, 0.2) is 5.13 Å². The highest BCUT2D eigenvalue weighted by molar-refractivity contribution is 14.1. The van der Waals surface area contributed by atoms with Crippen LogP contribution in [0.4, 0.5) is 18.3 Å². The van der Waals surface area contributed by atoms with Gasteiger partial charge < -0.3 is 5.32 Å². The van der Waals surface area contributed by atoms with E-state index in [1.165, 1.54) is 17.4 Å². The summed E-state index contributed by atoms with van der Waals surface area (Å²) in [6.07, 6.45) is -4.31. The molecule has 1 heterocycles. The number of hydrogen-bond acceptors (Lipinski definition) is 4. The lowest BCUT2D eigenvalue weighted by Gasteiger charge is -2.04. The first-order valence-electron chi connectivity index (χ1n) is 5.06. The molecule has 0 spiro atoms. The second-order valence-corrected chi connectivity index (χ2v) is 5.30. The first-order chi connectivity index (χ1) is 8.50. The summed E-state index contributed by atoms with van der Waals surface area (Å²) in [5.41, 5.74) is -0.0583. The van der Waals surface area contributed by atoms with Crippen LogP contribution >= 0.6 is 34.2 Å². The van der Waals surface area contributed by atoms with Gasteiger partial charge in [0.25, 0.3) is 0 Å². The summed E-state index contributed by atoms with van der Waals surface area (Å²) in [5.74, 6) is 0. The SMILES string of the molecule is FC(F)(F)c1ccc2nc(NCCNI)sc2c1. The van der Waals surface area contributed by atoms with Gasteiger partial charge in [0, 0.05) is 36.0 Å². The van der Waals surface area contributed by atoms with Gasteiger partial charge in [0.05, 0.1) is 15.8 Å². The molecular weight excluding hydrogens is 378 g/mol. The van der Waals surface area contributed by atoms with Crippen LogP contribution in [0, 0.1) is 0 Å². The Labute approximate surface area is 119 Å². The maximum Gasteiger partial charge on any atom is 0.416 e. The summed E-state index contributed by atoms with van der Waals surface area (Å²) in [6, 6.07) is 3.59. The maximum absolute atomic E-state index is 12.5. The van der Waals surface area contributed by atoms with E-state index < -0.39 is 11.7 Å². The number of fused-ring (bicyclic) bond motifs is 1. The average molecular weight is 387 g/mol. The van der Waals surface area contributed by atoms with Crippen LogP contribution in [0.15, 0.2) is 18.2 Å². The van der Waals surface area contributed by atoms with E-state index in [0.717, 1.165) is 18.7 Å². The van der Waals surface area contributed by atoms with E-state index in [4.69, 9.17) is 0 Å². The molecule has 0 bridgehead atoms. The smallest absolute Gasteiger partial charge is 0.360 e. The van der Waals surface area contributed by atoms with E-state index >= 15 is 0 Å². The number of alkyl halides is 3. The van der Waals surface area contributed by atoms with Crippen molar-refractivity contribution in [1.82, 2.24) is 8.51 Å². The molecule has 1 aromatic heterocycles. The molecule has 0 saturated carbocycles. The Bertz CT molecular complexity index is 541. The third kappa shape index (κ3) is 3.23. The molecule has 2 aromatic rings. The third-order valence-electron chi connectivity index (χ3n) is 2.21. The number of aromatic nitrogens is 1. The number of nitrogens with zero attached hydrogens (tertiary/aromatic N) is 1. The fourth-order valence-electron chi connectivity index (χ4n) is 1.39. The molecular formula is C10H9F3IN3S. The lowest BCUT2D eigenvalue weighted by Crippen LogP contribution is -2.13. The van der Waals surface area contributed by atoms with Crippen molar-refractivity contribution in [3.63, 3.8) is 0 Å². The van der Waals surface area contributed by atoms with Gasteiger partial charge in [-0.05, 0) is 18.2 Å². The molecule has 3 nitrogen and oxygen atoms in total. The van der Waals surface area contributed by atoms with E-state index in [1.54, 1.807) is 0 Å². The number of benzene rings is 1. The van der Waals surface area contributed by atoms with Crippen molar-refractivity contribution < 1.29 is 13.2 Å². The van der Waals surface area contributed by atoms with Gasteiger partial charge >= 0.3 is 6.18 Å². The first kappa shape index (κ1) is 13.8. The lowest BCUT2D eigenvalue weighted by atomic mass is 10.2. The Morgan fingerprint density at radius 2 is 2.06 bits per heavy atom. The van der Waals surface area contributed by atoms with Crippen LogP contribution in [-0.2, 0) is 6.18 Å². The number of rotatable bonds is 4. The molecule has 0 radical (unpaired) electrons. The van der Waals surface area contributed by atoms with Crippen LogP contribution in [0.2, 0.25) is 0 Å². The Morgan fingerprint density at radius 1 is 1.28 bits per heavy atom. The van der Waals surface area contributed by atoms with Gasteiger partial charge in [-0.25, -0.2) is 4.98 Å². The molecule has 0 amide bonds. The van der Waals surface area contributed by atoms with Gasteiger partial charge in [-0.3, -0.25) is 3.53 Å². The molecule has 0 aliphatic carbocycles. The maximum atomic E-state index is 12.5. The Kier molecular flexibility index (Phi) is 4.28. The summed E-state index contributed by atoms with van der Waals surface area (Å²) < 4.78 is 41.1. The monoisotopic (exact) mass is 387 g/mol. The summed E-state index contributed by atoms with van der Waals surface area (Å²) in [6.45, 7) is 1.43. The highest BCUT2D eigenvalue weighted by Crippen LogP contribution is 2.34. The highest BCUT2D eigenvalue weighted by atomic mass is 127. The topological polar surface area (TPSA) is 37.0 Å². The van der Waals surface area contributed by atoms with E-state index in [9.17, 15) is 13.2 Å². The number of thiazole rings is 1. The summed E-state index contributed by atoms with van der Waals surface area (Å²) in [7, 11) is 0. The molecule has 0 saturated heterocycles. The van der Waals surface area contributed by atoms with Crippen LogP contribution in [0.5, 0.6) is 0 Å². The minimum absolute atomic E-state index is 0.537. The summed E-state index contributed by atoms with van der Waals surface area (Å²) in [5, 5.41) is 3.69. The zero-order chi connectivity index (χ0) is 13.2. The van der Waals surface area contributed by atoms with Crippen LogP contribution in [0.1, 0.15) is 5.56 Å². The van der Waals surface area contributed by atoms with Gasteiger partial charge in [-0.15, -0.1) is 0 Å². The summed E-state index contributed by atoms with van der Waals surface area (Å²) in [4.78, 5) is 4.22. The molecule has 0 atom stereocenters. The number of hydrogen-bond donors (Lipinski definition) is 2. The molecule has 18 heavy (non-hydrogen) atoms. The van der Waals surface area contributed by atoms with Crippen LogP contribution in [0.3, 0.4) is 0 Å². The Balaban J connectivity index is 2.23. The number of nitrogens with one attached hydrogen (secondary N) is 2. The largest absolute Gasteiger partial charge is 0.416 e. The average Bonchev–Trinajstić information content (AvgIpc) is 2.69. The highest BCUT2D eigenvalue weighted by Gasteiger charge is 2.30. The quantitative estimate of drug-likeness (QED) is 0.478. The molecule has 0 aliphatic rings. The second kappa shape index (κ2) is 5.57. The van der Waals surface area contributed by atoms with Crippen molar-refractivity contribution in [2.24, 2.45) is 0 Å². The Morgan fingerprint density at radius 3 is 2.72 bits per heavy atom. The van der Waals surface area contributed by atoms with Crippen molar-refractivity contribution in [2.75, 3.05) is 18.4 Å². The minimum atomic E-state index is -4.31. The molecule has 0 fully saturated rings. The summed E-state index contributed by atoms with van der Waals surface area (Å²) >= 11 is 3.25. The fraction of sp³-hybridized carbons (Fsp3) is 0.300. The van der Waals surface area contributed by atoms with Crippen molar-refractivity contribution in [1.29, 1.82) is 0 Å². The number of anilines is 1. The van der Waals surface area contributed by atoms with Crippen molar-refractivity contribution in [3.8, 4) is 0 Å². The van der Waals surface area contributed by atoms with Crippen molar-refractivity contribution >= 4 is 49.5 Å². The fourth-order valence-corrected chi connectivity index (χ4v) is 2.59. The predicted octanol–water partition coefficient (Wildman–Crippen LogP) is 3.67. The first-order valence-corrected chi connectivity index (χ1v) is 6.95. The van der Waals surface area contributed by atoms with E-state index in [2.05, 4.69) is 13.8 Å². The zero-order valence-corrected chi connectivity index (χ0v) is 12.0. The molecule has 98 valence electrons. The van der Waals surface area contributed by atoms with E-state index in [0.29, 0.717) is 21.9 Å². The zero-order valence-electron chi connectivity index (χ0n) is 9.01. The lowest BCUT2D eigenvalue weighted by molar-refractivity contribution is -0.137. The minimum Gasteiger partial charge on any atom is -0.360 e. The van der Waals surface area contributed by atoms with Crippen LogP contribution < -0.4 is 8.85 Å². The second-order valence-electron chi connectivity index (χ2n) is 3.51. The van der Waals surface area contributed by atoms with Gasteiger partial charge in [-0.2, -0.15) is 13.2 Å². The Hall–Kier alpha value is -0.610. The van der Waals surface area contributed by atoms with Crippen molar-refractivity contribution in [2.45, 2.75) is 6.18 Å². The molecule has 1 aromatic carbocycles. The van der Waals surface area contributed by atoms with Gasteiger partial charge in [0.2, 0.25) is 0 Å². The standard InChI is InChI=1S/C10H9F3IN3S/c11-10(12,13)6-1-2-7-8(5-6)18-9(17-7)15-3-4-16-14/h1-2,5,16H,3-4H2,(H,15,17). The van der Waals surface area contributed by atoms with Crippen LogP contribution in [-0.4, -0.2) is 18.1 Å². The molecule has 0 aliphatic heterocycles.